The Morgan fingerprint density at radius 2 is 0.921 bits per heavy atom. The summed E-state index contributed by atoms with van der Waals surface area (Å²) < 4.78 is 6.89. The zero-order chi connectivity index (χ0) is 42.2. The molecule has 9 aromatic carbocycles. The molecule has 63 heavy (non-hydrogen) atoms. The van der Waals surface area contributed by atoms with Crippen LogP contribution < -0.4 is 0 Å². The van der Waals surface area contributed by atoms with Crippen molar-refractivity contribution in [3.05, 3.63) is 198 Å². The van der Waals surface area contributed by atoms with Crippen molar-refractivity contribution in [1.29, 1.82) is 0 Å². The summed E-state index contributed by atoms with van der Waals surface area (Å²) in [5, 5.41) is 6.91. The topological polar surface area (TPSA) is 51.8 Å². The van der Waals surface area contributed by atoms with E-state index in [1.54, 1.807) is 0 Å². The molecule has 0 radical (unpaired) electrons. The molecule has 4 nitrogen and oxygen atoms in total. The minimum atomic E-state index is -0.271. The second kappa shape index (κ2) is 12.9. The molecule has 298 valence electrons. The van der Waals surface area contributed by atoms with Gasteiger partial charge in [0.25, 0.3) is 0 Å². The molecule has 0 saturated carbocycles. The number of fused-ring (bicyclic) bond motifs is 14. The summed E-state index contributed by atoms with van der Waals surface area (Å²) in [7, 11) is 0. The summed E-state index contributed by atoms with van der Waals surface area (Å²) >= 11 is 0. The van der Waals surface area contributed by atoms with Crippen LogP contribution in [0.25, 0.3) is 111 Å². The van der Waals surface area contributed by atoms with E-state index in [0.29, 0.717) is 17.5 Å². The lowest BCUT2D eigenvalue weighted by Gasteiger charge is -2.22. The summed E-state index contributed by atoms with van der Waals surface area (Å²) in [4.78, 5) is 16.2. The molecular formula is C59H41N3O. The van der Waals surface area contributed by atoms with Gasteiger partial charge in [0, 0.05) is 43.9 Å². The fourth-order valence-corrected chi connectivity index (χ4v) is 10.9. The van der Waals surface area contributed by atoms with E-state index >= 15 is 0 Å². The lowest BCUT2D eigenvalue weighted by atomic mass is 9.81. The van der Waals surface area contributed by atoms with Gasteiger partial charge in [-0.05, 0) is 89.8 Å². The van der Waals surface area contributed by atoms with Crippen molar-refractivity contribution in [1.82, 2.24) is 15.0 Å². The summed E-state index contributed by atoms with van der Waals surface area (Å²) in [5.74, 6) is 1.86. The van der Waals surface area contributed by atoms with E-state index in [-0.39, 0.29) is 10.8 Å². The predicted octanol–water partition coefficient (Wildman–Crippen LogP) is 15.4. The van der Waals surface area contributed by atoms with E-state index in [2.05, 4.69) is 191 Å². The minimum absolute atomic E-state index is 0.109. The van der Waals surface area contributed by atoms with E-state index in [4.69, 9.17) is 19.4 Å². The lowest BCUT2D eigenvalue weighted by molar-refractivity contribution is 0.653. The zero-order valence-corrected chi connectivity index (χ0v) is 35.5. The van der Waals surface area contributed by atoms with Crippen LogP contribution in [0.3, 0.4) is 0 Å². The Balaban J connectivity index is 1.08. The molecule has 0 N–H and O–H groups in total. The Kier molecular flexibility index (Phi) is 7.38. The highest BCUT2D eigenvalue weighted by Crippen LogP contribution is 2.55. The van der Waals surface area contributed by atoms with Crippen molar-refractivity contribution in [2.45, 2.75) is 38.5 Å². The highest BCUT2D eigenvalue weighted by atomic mass is 16.3. The van der Waals surface area contributed by atoms with Gasteiger partial charge in [0.2, 0.25) is 0 Å². The molecule has 0 amide bonds. The first-order valence-corrected chi connectivity index (χ1v) is 21.9. The van der Waals surface area contributed by atoms with E-state index in [9.17, 15) is 0 Å². The highest BCUT2D eigenvalue weighted by molar-refractivity contribution is 6.19. The van der Waals surface area contributed by atoms with Crippen molar-refractivity contribution < 1.29 is 4.42 Å². The third-order valence-electron chi connectivity index (χ3n) is 14.1. The van der Waals surface area contributed by atoms with Crippen LogP contribution in [0.5, 0.6) is 0 Å². The van der Waals surface area contributed by atoms with Crippen molar-refractivity contribution in [2.75, 3.05) is 0 Å². The molecule has 0 atom stereocenters. The molecule has 0 saturated heterocycles. The molecule has 2 aliphatic carbocycles. The van der Waals surface area contributed by atoms with Crippen molar-refractivity contribution in [3.8, 4) is 67.5 Å². The molecule has 0 fully saturated rings. The number of rotatable bonds is 4. The predicted molar refractivity (Wildman–Crippen MR) is 259 cm³/mol. The lowest BCUT2D eigenvalue weighted by Crippen LogP contribution is -2.15. The second-order valence-corrected chi connectivity index (χ2v) is 18.3. The van der Waals surface area contributed by atoms with E-state index in [0.717, 1.165) is 55.3 Å². The van der Waals surface area contributed by atoms with Gasteiger partial charge in [0.15, 0.2) is 17.5 Å². The Morgan fingerprint density at radius 1 is 0.365 bits per heavy atom. The highest BCUT2D eigenvalue weighted by Gasteiger charge is 2.39. The van der Waals surface area contributed by atoms with Crippen LogP contribution in [0.4, 0.5) is 0 Å². The van der Waals surface area contributed by atoms with Crippen molar-refractivity contribution >= 4 is 43.5 Å². The van der Waals surface area contributed by atoms with Crippen LogP contribution in [0.1, 0.15) is 49.9 Å². The SMILES string of the molecule is CC1(C)c2ccccc2-c2c1cc(-c1nc(-c3ccc(-c4ccccc4)cc3)nc(-c3ccc4ccc5ccc6c(c5c4c3)-c3ccccc3C6(C)C)n1)c1c2oc2ccccc21. The van der Waals surface area contributed by atoms with E-state index < -0.39 is 0 Å². The first-order valence-electron chi connectivity index (χ1n) is 21.9. The van der Waals surface area contributed by atoms with Gasteiger partial charge in [-0.2, -0.15) is 0 Å². The van der Waals surface area contributed by atoms with Crippen molar-refractivity contribution in [2.24, 2.45) is 0 Å². The van der Waals surface area contributed by atoms with Gasteiger partial charge in [-0.25, -0.2) is 15.0 Å². The molecule has 0 bridgehead atoms. The minimum Gasteiger partial charge on any atom is -0.455 e. The number of hydrogen-bond donors (Lipinski definition) is 0. The number of hydrogen-bond acceptors (Lipinski definition) is 4. The first-order chi connectivity index (χ1) is 30.7. The quantitative estimate of drug-likeness (QED) is 0.166. The Bertz CT molecular complexity index is 3730. The summed E-state index contributed by atoms with van der Waals surface area (Å²) in [6.07, 6.45) is 0. The molecule has 2 aromatic heterocycles. The average molecular weight is 808 g/mol. The number of para-hydroxylation sites is 1. The maximum Gasteiger partial charge on any atom is 0.164 e. The summed E-state index contributed by atoms with van der Waals surface area (Å²) in [6.45, 7) is 9.31. The maximum atomic E-state index is 6.89. The molecular weight excluding hydrogens is 767 g/mol. The first kappa shape index (κ1) is 36.0. The van der Waals surface area contributed by atoms with Crippen LogP contribution in [-0.4, -0.2) is 15.0 Å². The van der Waals surface area contributed by atoms with Gasteiger partial charge in [0.05, 0.1) is 0 Å². The number of furan rings is 1. The third-order valence-corrected chi connectivity index (χ3v) is 14.1. The monoisotopic (exact) mass is 807 g/mol. The van der Waals surface area contributed by atoms with Crippen LogP contribution in [0, 0.1) is 0 Å². The Hall–Kier alpha value is -7.69. The van der Waals surface area contributed by atoms with Crippen LogP contribution in [0.15, 0.2) is 180 Å². The molecule has 0 spiro atoms. The molecule has 0 unspecified atom stereocenters. The third kappa shape index (κ3) is 5.12. The van der Waals surface area contributed by atoms with Gasteiger partial charge in [-0.3, -0.25) is 0 Å². The normalized spacial score (nSPS) is 14.3. The molecule has 11 aromatic rings. The van der Waals surface area contributed by atoms with Gasteiger partial charge in [-0.15, -0.1) is 0 Å². The molecule has 4 heteroatoms. The molecule has 13 rings (SSSR count). The fraction of sp³-hybridized carbons (Fsp3) is 0.102. The van der Waals surface area contributed by atoms with Gasteiger partial charge in [-0.1, -0.05) is 185 Å². The molecule has 2 heterocycles. The second-order valence-electron chi connectivity index (χ2n) is 18.3. The van der Waals surface area contributed by atoms with Gasteiger partial charge in [0.1, 0.15) is 11.2 Å². The summed E-state index contributed by atoms with van der Waals surface area (Å²) in [5.41, 5.74) is 16.6. The largest absolute Gasteiger partial charge is 0.455 e. The van der Waals surface area contributed by atoms with Crippen LogP contribution >= 0.6 is 0 Å². The number of benzene rings is 9. The standard InChI is InChI=1S/C59H41N3O/c1-58(2)45-19-11-8-16-40(45)52-47(58)31-30-37-26-24-36-25-29-39(32-43(36)50(37)52)56-60-55(38-27-22-35(23-28-38)34-14-6-5-7-15-34)61-57(62-56)44-33-48-53(41-17-9-12-20-46(41)59(48,3)4)54-51(44)42-18-10-13-21-49(42)63-54/h5-33H,1-4H3. The average Bonchev–Trinajstić information content (AvgIpc) is 3.91. The van der Waals surface area contributed by atoms with Crippen LogP contribution in [-0.2, 0) is 10.8 Å². The Labute approximate surface area is 365 Å². The molecule has 2 aliphatic rings. The fourth-order valence-electron chi connectivity index (χ4n) is 10.9. The Morgan fingerprint density at radius 3 is 1.70 bits per heavy atom. The van der Waals surface area contributed by atoms with Gasteiger partial charge >= 0.3 is 0 Å². The van der Waals surface area contributed by atoms with E-state index in [1.807, 2.05) is 12.1 Å². The van der Waals surface area contributed by atoms with Crippen molar-refractivity contribution in [3.63, 3.8) is 0 Å². The zero-order valence-electron chi connectivity index (χ0n) is 35.5. The maximum absolute atomic E-state index is 6.89. The van der Waals surface area contributed by atoms with E-state index in [1.165, 1.54) is 60.5 Å². The molecule has 0 aliphatic heterocycles. The van der Waals surface area contributed by atoms with Gasteiger partial charge < -0.3 is 4.42 Å². The smallest absolute Gasteiger partial charge is 0.164 e. The number of nitrogens with zero attached hydrogens (tertiary/aromatic N) is 3. The van der Waals surface area contributed by atoms with Crippen LogP contribution in [0.2, 0.25) is 0 Å². The number of aromatic nitrogens is 3. The summed E-state index contributed by atoms with van der Waals surface area (Å²) in [6, 6.07) is 63.2.